The Bertz CT molecular complexity index is 2050. The maximum absolute atomic E-state index is 13.2. The molecule has 0 spiro atoms. The van der Waals surface area contributed by atoms with Gasteiger partial charge in [-0.05, 0) is 112 Å². The van der Waals surface area contributed by atoms with Crippen molar-refractivity contribution in [2.75, 3.05) is 43.1 Å². The molecule has 1 saturated heterocycles. The standard InChI is InChI=1S/C43H48N6O5/c1-28-9-10-31(40-29(2)46-54-30(40)3)23-39(28)48(34-13-11-33(12-14-34)43(27-44)17-18-43)19-5-6-21-53-36-25-47(26-36)35-15-16-37-32(22-35)24-49(42(37)52)38(8-7-20-50)41(51)45-4/h9-16,20,22-23,36,38H,5-8,17-19,21,24-26H2,1-4H3,(H,45,51). The van der Waals surface area contributed by atoms with Gasteiger partial charge < -0.3 is 34.1 Å². The monoisotopic (exact) mass is 728 g/mol. The number of nitrogens with one attached hydrogen (secondary N) is 1. The number of carbonyl (C=O) groups excluding carboxylic acids is 3. The minimum absolute atomic E-state index is 0.129. The maximum atomic E-state index is 13.2. The Morgan fingerprint density at radius 1 is 1.11 bits per heavy atom. The summed E-state index contributed by atoms with van der Waals surface area (Å²) in [7, 11) is 1.55. The quantitative estimate of drug-likeness (QED) is 0.0990. The molecule has 280 valence electrons. The van der Waals surface area contributed by atoms with Gasteiger partial charge in [-0.25, -0.2) is 0 Å². The second kappa shape index (κ2) is 15.5. The number of aromatic nitrogens is 1. The highest BCUT2D eigenvalue weighted by Crippen LogP contribution is 2.48. The highest BCUT2D eigenvalue weighted by molar-refractivity contribution is 6.01. The van der Waals surface area contributed by atoms with Crippen molar-refractivity contribution < 1.29 is 23.6 Å². The molecule has 2 aliphatic heterocycles. The second-order valence-corrected chi connectivity index (χ2v) is 14.8. The molecule has 3 aromatic carbocycles. The number of unbranched alkanes of at least 4 members (excludes halogenated alkanes) is 1. The topological polar surface area (TPSA) is 132 Å². The maximum Gasteiger partial charge on any atom is 0.255 e. The Balaban J connectivity index is 0.958. The number of aryl methyl sites for hydroxylation is 3. The fraction of sp³-hybridized carbons (Fsp3) is 0.419. The van der Waals surface area contributed by atoms with Crippen molar-refractivity contribution in [3.8, 4) is 17.2 Å². The SMILES string of the molecule is CNC(=O)C(CCC=O)N1Cc2cc(N3CC(OCCCCN(c4ccc(C5(C#N)CC5)cc4)c4cc(-c5c(C)noc5C)ccc4C)C3)ccc2C1=O. The van der Waals surface area contributed by atoms with E-state index < -0.39 is 6.04 Å². The molecular weight excluding hydrogens is 681 g/mol. The van der Waals surface area contributed by atoms with E-state index in [0.717, 1.165) is 102 Å². The van der Waals surface area contributed by atoms with Crippen LogP contribution >= 0.6 is 0 Å². The van der Waals surface area contributed by atoms with E-state index in [2.05, 4.69) is 75.7 Å². The summed E-state index contributed by atoms with van der Waals surface area (Å²) in [6.07, 6.45) is 5.09. The molecule has 1 atom stereocenters. The number of aldehydes is 1. The summed E-state index contributed by atoms with van der Waals surface area (Å²) in [5, 5.41) is 16.6. The lowest BCUT2D eigenvalue weighted by Crippen LogP contribution is -2.52. The first-order chi connectivity index (χ1) is 26.2. The van der Waals surface area contributed by atoms with Gasteiger partial charge >= 0.3 is 0 Å². The fourth-order valence-electron chi connectivity index (χ4n) is 7.87. The molecule has 7 rings (SSSR count). The van der Waals surface area contributed by atoms with Crippen LogP contribution in [0.2, 0.25) is 0 Å². The summed E-state index contributed by atoms with van der Waals surface area (Å²) in [6.45, 7) is 9.40. The predicted octanol–water partition coefficient (Wildman–Crippen LogP) is 6.70. The van der Waals surface area contributed by atoms with E-state index in [1.54, 1.807) is 11.9 Å². The second-order valence-electron chi connectivity index (χ2n) is 14.8. The summed E-state index contributed by atoms with van der Waals surface area (Å²) in [5.74, 6) is 0.362. The zero-order valence-electron chi connectivity index (χ0n) is 31.6. The lowest BCUT2D eigenvalue weighted by molar-refractivity contribution is -0.125. The number of nitrogens with zero attached hydrogens (tertiary/aromatic N) is 5. The highest BCUT2D eigenvalue weighted by atomic mass is 16.5. The molecule has 1 N–H and O–H groups in total. The van der Waals surface area contributed by atoms with Crippen LogP contribution in [0.4, 0.5) is 17.1 Å². The van der Waals surface area contributed by atoms with Gasteiger partial charge in [0, 0.05) is 74.4 Å². The van der Waals surface area contributed by atoms with Crippen molar-refractivity contribution in [2.24, 2.45) is 0 Å². The van der Waals surface area contributed by atoms with Crippen LogP contribution in [0.25, 0.3) is 11.1 Å². The largest absolute Gasteiger partial charge is 0.375 e. The van der Waals surface area contributed by atoms with Crippen LogP contribution in [0, 0.1) is 32.1 Å². The first-order valence-electron chi connectivity index (χ1n) is 18.9. The summed E-state index contributed by atoms with van der Waals surface area (Å²) >= 11 is 0. The lowest BCUT2D eigenvalue weighted by Gasteiger charge is -2.41. The van der Waals surface area contributed by atoms with E-state index in [4.69, 9.17) is 9.26 Å². The van der Waals surface area contributed by atoms with Crippen molar-refractivity contribution >= 4 is 35.2 Å². The van der Waals surface area contributed by atoms with Crippen molar-refractivity contribution in [2.45, 2.75) is 83.4 Å². The predicted molar refractivity (Wildman–Crippen MR) is 207 cm³/mol. The molecule has 3 aliphatic rings. The molecule has 0 radical (unpaired) electrons. The van der Waals surface area contributed by atoms with Crippen LogP contribution in [0.15, 0.2) is 65.2 Å². The van der Waals surface area contributed by atoms with E-state index in [0.29, 0.717) is 25.1 Å². The smallest absolute Gasteiger partial charge is 0.255 e. The number of anilines is 3. The molecule has 1 saturated carbocycles. The van der Waals surface area contributed by atoms with Gasteiger partial charge in [0.05, 0.1) is 23.3 Å². The van der Waals surface area contributed by atoms with E-state index >= 15 is 0 Å². The number of likely N-dealkylation sites (N-methyl/N-ethyl adjacent to an activating group) is 1. The first-order valence-corrected chi connectivity index (χ1v) is 18.9. The van der Waals surface area contributed by atoms with Gasteiger partial charge in [-0.3, -0.25) is 9.59 Å². The molecule has 2 amide bonds. The molecular formula is C43H48N6O5. The van der Waals surface area contributed by atoms with Crippen molar-refractivity contribution in [3.05, 3.63) is 94.4 Å². The third-order valence-electron chi connectivity index (χ3n) is 11.3. The van der Waals surface area contributed by atoms with Gasteiger partial charge in [0.15, 0.2) is 0 Å². The van der Waals surface area contributed by atoms with Crippen LogP contribution < -0.4 is 15.1 Å². The van der Waals surface area contributed by atoms with E-state index in [-0.39, 0.29) is 29.8 Å². The Morgan fingerprint density at radius 3 is 2.56 bits per heavy atom. The number of nitriles is 1. The molecule has 11 nitrogen and oxygen atoms in total. The van der Waals surface area contributed by atoms with Gasteiger partial charge in [-0.1, -0.05) is 29.4 Å². The highest BCUT2D eigenvalue weighted by Gasteiger charge is 2.44. The number of hydrogen-bond acceptors (Lipinski definition) is 9. The average Bonchev–Trinajstić information content (AvgIpc) is 3.81. The molecule has 0 bridgehead atoms. The van der Waals surface area contributed by atoms with Gasteiger partial charge in [0.25, 0.3) is 5.91 Å². The molecule has 1 unspecified atom stereocenters. The molecule has 3 heterocycles. The zero-order valence-corrected chi connectivity index (χ0v) is 31.6. The normalized spacial score (nSPS) is 16.4. The van der Waals surface area contributed by atoms with Crippen molar-refractivity contribution in [3.63, 3.8) is 0 Å². The average molecular weight is 729 g/mol. The number of carbonyl (C=O) groups is 3. The third-order valence-corrected chi connectivity index (χ3v) is 11.3. The molecule has 2 fully saturated rings. The molecule has 11 heteroatoms. The molecule has 4 aromatic rings. The Labute approximate surface area is 316 Å². The van der Waals surface area contributed by atoms with Crippen molar-refractivity contribution in [1.82, 2.24) is 15.4 Å². The molecule has 1 aliphatic carbocycles. The summed E-state index contributed by atoms with van der Waals surface area (Å²) in [6, 6.07) is 22.7. The number of rotatable bonds is 16. The first kappa shape index (κ1) is 36.9. The minimum Gasteiger partial charge on any atom is -0.375 e. The summed E-state index contributed by atoms with van der Waals surface area (Å²) < 4.78 is 11.8. The summed E-state index contributed by atoms with van der Waals surface area (Å²) in [5.41, 5.74) is 9.65. The summed E-state index contributed by atoms with van der Waals surface area (Å²) in [4.78, 5) is 42.9. The number of benzene rings is 3. The number of amides is 2. The Morgan fingerprint density at radius 2 is 1.89 bits per heavy atom. The van der Waals surface area contributed by atoms with Gasteiger partial charge in [-0.15, -0.1) is 0 Å². The number of ether oxygens (including phenoxy) is 1. The van der Waals surface area contributed by atoms with Crippen molar-refractivity contribution in [1.29, 1.82) is 5.26 Å². The molecule has 54 heavy (non-hydrogen) atoms. The van der Waals surface area contributed by atoms with Gasteiger partial charge in [0.2, 0.25) is 5.91 Å². The third kappa shape index (κ3) is 7.23. The van der Waals surface area contributed by atoms with Gasteiger partial charge in [-0.2, -0.15) is 5.26 Å². The van der Waals surface area contributed by atoms with E-state index in [9.17, 15) is 19.6 Å². The van der Waals surface area contributed by atoms with Crippen LogP contribution in [-0.4, -0.2) is 73.6 Å². The Hall–Kier alpha value is -5.47. The van der Waals surface area contributed by atoms with E-state index in [1.807, 2.05) is 32.0 Å². The van der Waals surface area contributed by atoms with E-state index in [1.165, 1.54) is 5.56 Å². The van der Waals surface area contributed by atoms with Crippen LogP contribution in [0.5, 0.6) is 0 Å². The number of fused-ring (bicyclic) bond motifs is 1. The van der Waals surface area contributed by atoms with Crippen LogP contribution in [-0.2, 0) is 26.3 Å². The van der Waals surface area contributed by atoms with Crippen LogP contribution in [0.3, 0.4) is 0 Å². The molecule has 1 aromatic heterocycles. The van der Waals surface area contributed by atoms with Gasteiger partial charge in [0.1, 0.15) is 18.1 Å². The van der Waals surface area contributed by atoms with Crippen LogP contribution in [0.1, 0.15) is 77.0 Å². The zero-order chi connectivity index (χ0) is 38.0. The minimum atomic E-state index is -0.676. The lowest BCUT2D eigenvalue weighted by atomic mass is 9.97. The number of hydrogen-bond donors (Lipinski definition) is 1. The fourth-order valence-corrected chi connectivity index (χ4v) is 7.87. The Kier molecular flexibility index (Phi) is 10.6.